The maximum Gasteiger partial charge on any atom is 0.199 e. The number of hydroxylamine groups is 3. The van der Waals surface area contributed by atoms with Gasteiger partial charge in [-0.1, -0.05) is 12.1 Å². The largest absolute Gasteiger partial charge is 1.00 e. The zero-order chi connectivity index (χ0) is 7.90. The molecule has 2 rings (SSSR count). The van der Waals surface area contributed by atoms with Crippen molar-refractivity contribution in [1.29, 1.82) is 0 Å². The van der Waals surface area contributed by atoms with Crippen LogP contribution in [0.2, 0.25) is 0 Å². The molecule has 1 heterocycles. The van der Waals surface area contributed by atoms with Crippen LogP contribution in [0.15, 0.2) is 24.3 Å². The molecule has 0 radical (unpaired) electrons. The van der Waals surface area contributed by atoms with Crippen LogP contribution in [-0.4, -0.2) is 18.7 Å². The van der Waals surface area contributed by atoms with E-state index in [0.717, 1.165) is 12.3 Å². The molecule has 0 aliphatic carbocycles. The Morgan fingerprint density at radius 2 is 1.92 bits per heavy atom. The van der Waals surface area contributed by atoms with E-state index in [1.165, 1.54) is 5.56 Å². The van der Waals surface area contributed by atoms with Crippen LogP contribution in [0.1, 0.15) is 5.56 Å². The minimum Gasteiger partial charge on any atom is -1.00 e. The van der Waals surface area contributed by atoms with Gasteiger partial charge in [0.25, 0.3) is 0 Å². The Balaban J connectivity index is 0.000000720. The van der Waals surface area contributed by atoms with Crippen LogP contribution in [0, 0.1) is 0 Å². The van der Waals surface area contributed by atoms with E-state index in [1.807, 2.05) is 18.2 Å². The third kappa shape index (κ3) is 1.72. The van der Waals surface area contributed by atoms with Crippen molar-refractivity contribution in [3.63, 3.8) is 0 Å². The van der Waals surface area contributed by atoms with Gasteiger partial charge in [-0.2, -0.15) is 0 Å². The molecule has 0 N–H and O–H groups in total. The van der Waals surface area contributed by atoms with E-state index in [2.05, 4.69) is 20.2 Å². The van der Waals surface area contributed by atoms with E-state index in [-0.39, 0.29) is 24.0 Å². The fourth-order valence-corrected chi connectivity index (χ4v) is 1.43. The summed E-state index contributed by atoms with van der Waals surface area (Å²) in [6.07, 6.45) is 0. The first kappa shape index (κ1) is 9.80. The first-order valence-electron chi connectivity index (χ1n) is 3.78. The SMILES string of the molecule is C[N+]1(C)Cc2ccccc2O1.[I-]. The number of para-hydroxylation sites is 1. The first-order chi connectivity index (χ1) is 5.17. The molecular formula is C9H12INO. The quantitative estimate of drug-likeness (QED) is 0.417. The number of nitrogens with zero attached hydrogens (tertiary/aromatic N) is 1. The number of fused-ring (bicyclic) bond motifs is 1. The summed E-state index contributed by atoms with van der Waals surface area (Å²) in [6.45, 7) is 0.968. The third-order valence-electron chi connectivity index (χ3n) is 1.87. The van der Waals surface area contributed by atoms with Gasteiger partial charge in [-0.15, -0.1) is 4.65 Å². The van der Waals surface area contributed by atoms with Crippen molar-refractivity contribution in [2.75, 3.05) is 14.1 Å². The molecule has 1 aromatic rings. The van der Waals surface area contributed by atoms with Gasteiger partial charge in [-0.05, 0) is 12.1 Å². The van der Waals surface area contributed by atoms with Crippen LogP contribution >= 0.6 is 0 Å². The Morgan fingerprint density at radius 3 is 2.58 bits per heavy atom. The predicted molar refractivity (Wildman–Crippen MR) is 42.9 cm³/mol. The molecule has 3 heteroatoms. The number of rotatable bonds is 0. The Kier molecular flexibility index (Phi) is 2.63. The molecule has 0 saturated heterocycles. The first-order valence-corrected chi connectivity index (χ1v) is 3.78. The van der Waals surface area contributed by atoms with Crippen molar-refractivity contribution in [3.8, 4) is 5.75 Å². The molecule has 0 saturated carbocycles. The second-order valence-electron chi connectivity index (χ2n) is 3.43. The Bertz CT molecular complexity index is 259. The number of halogens is 1. The van der Waals surface area contributed by atoms with Crippen LogP contribution in [0.25, 0.3) is 0 Å². The normalized spacial score (nSPS) is 17.5. The molecular weight excluding hydrogens is 265 g/mol. The zero-order valence-electron chi connectivity index (χ0n) is 7.25. The zero-order valence-corrected chi connectivity index (χ0v) is 9.41. The topological polar surface area (TPSA) is 9.23 Å². The molecule has 0 bridgehead atoms. The number of benzene rings is 1. The van der Waals surface area contributed by atoms with Crippen molar-refractivity contribution in [2.24, 2.45) is 0 Å². The second kappa shape index (κ2) is 3.22. The smallest absolute Gasteiger partial charge is 0.199 e. The predicted octanol–water partition coefficient (Wildman–Crippen LogP) is -1.43. The highest BCUT2D eigenvalue weighted by Gasteiger charge is 2.29. The van der Waals surface area contributed by atoms with Gasteiger partial charge in [0.05, 0.1) is 5.56 Å². The van der Waals surface area contributed by atoms with Gasteiger partial charge >= 0.3 is 0 Å². The molecule has 0 atom stereocenters. The van der Waals surface area contributed by atoms with Gasteiger partial charge < -0.3 is 28.8 Å². The van der Waals surface area contributed by atoms with Crippen molar-refractivity contribution < 1.29 is 33.5 Å². The lowest BCUT2D eigenvalue weighted by Gasteiger charge is -2.18. The van der Waals surface area contributed by atoms with Crippen LogP contribution in [0.5, 0.6) is 5.75 Å². The summed E-state index contributed by atoms with van der Waals surface area (Å²) in [7, 11) is 4.11. The molecule has 1 aliphatic heterocycles. The highest BCUT2D eigenvalue weighted by atomic mass is 127. The average molecular weight is 277 g/mol. The summed E-state index contributed by atoms with van der Waals surface area (Å²) in [5.74, 6) is 1.03. The summed E-state index contributed by atoms with van der Waals surface area (Å²) >= 11 is 0. The van der Waals surface area contributed by atoms with Crippen molar-refractivity contribution in [2.45, 2.75) is 6.54 Å². The average Bonchev–Trinajstić information content (AvgIpc) is 2.21. The third-order valence-corrected chi connectivity index (χ3v) is 1.87. The van der Waals surface area contributed by atoms with Crippen molar-refractivity contribution >= 4 is 0 Å². The minimum atomic E-state index is 0. The highest BCUT2D eigenvalue weighted by Crippen LogP contribution is 2.29. The van der Waals surface area contributed by atoms with Crippen LogP contribution in [0.3, 0.4) is 0 Å². The number of quaternary nitrogens is 1. The molecule has 0 spiro atoms. The summed E-state index contributed by atoms with van der Waals surface area (Å²) in [4.78, 5) is 5.63. The van der Waals surface area contributed by atoms with Crippen LogP contribution in [-0.2, 0) is 6.54 Å². The summed E-state index contributed by atoms with van der Waals surface area (Å²) in [5.41, 5.74) is 1.30. The lowest BCUT2D eigenvalue weighted by atomic mass is 10.2. The Labute approximate surface area is 89.7 Å². The lowest BCUT2D eigenvalue weighted by Crippen LogP contribution is -3.00. The van der Waals surface area contributed by atoms with E-state index >= 15 is 0 Å². The summed E-state index contributed by atoms with van der Waals surface area (Å²) in [5, 5.41) is 0. The second-order valence-corrected chi connectivity index (χ2v) is 3.43. The van der Waals surface area contributed by atoms with E-state index in [9.17, 15) is 0 Å². The summed E-state index contributed by atoms with van der Waals surface area (Å²) < 4.78 is 0.610. The molecule has 0 amide bonds. The number of hydrogen-bond donors (Lipinski definition) is 0. The highest BCUT2D eigenvalue weighted by molar-refractivity contribution is 5.33. The van der Waals surface area contributed by atoms with E-state index in [1.54, 1.807) is 0 Å². The molecule has 0 fully saturated rings. The molecule has 0 aromatic heterocycles. The van der Waals surface area contributed by atoms with Gasteiger partial charge in [0.15, 0.2) is 5.75 Å². The van der Waals surface area contributed by atoms with Gasteiger partial charge in [0.2, 0.25) is 0 Å². The van der Waals surface area contributed by atoms with E-state index < -0.39 is 0 Å². The summed E-state index contributed by atoms with van der Waals surface area (Å²) in [6, 6.07) is 8.18. The fraction of sp³-hybridized carbons (Fsp3) is 0.333. The van der Waals surface area contributed by atoms with Gasteiger partial charge in [-0.3, -0.25) is 0 Å². The van der Waals surface area contributed by atoms with Crippen molar-refractivity contribution in [1.82, 2.24) is 0 Å². The van der Waals surface area contributed by atoms with Gasteiger partial charge in [-0.25, -0.2) is 0 Å². The Hall–Kier alpha value is -0.290. The molecule has 1 aliphatic rings. The maximum absolute atomic E-state index is 5.63. The number of hydrogen-bond acceptors (Lipinski definition) is 1. The molecule has 2 nitrogen and oxygen atoms in total. The van der Waals surface area contributed by atoms with Crippen LogP contribution < -0.4 is 28.8 Å². The molecule has 66 valence electrons. The van der Waals surface area contributed by atoms with Gasteiger partial charge in [0, 0.05) is 0 Å². The van der Waals surface area contributed by atoms with E-state index in [4.69, 9.17) is 4.84 Å². The van der Waals surface area contributed by atoms with Gasteiger partial charge in [0.1, 0.15) is 20.6 Å². The Morgan fingerprint density at radius 1 is 1.25 bits per heavy atom. The minimum absolute atomic E-state index is 0. The monoisotopic (exact) mass is 277 g/mol. The fourth-order valence-electron chi connectivity index (χ4n) is 1.43. The van der Waals surface area contributed by atoms with Crippen molar-refractivity contribution in [3.05, 3.63) is 29.8 Å². The van der Waals surface area contributed by atoms with Crippen LogP contribution in [0.4, 0.5) is 0 Å². The lowest BCUT2D eigenvalue weighted by molar-refractivity contribution is -1.05. The molecule has 0 unspecified atom stereocenters. The van der Waals surface area contributed by atoms with E-state index in [0.29, 0.717) is 4.65 Å². The molecule has 1 aromatic carbocycles. The molecule has 12 heavy (non-hydrogen) atoms. The standard InChI is InChI=1S/C9H12NO.HI/c1-10(2)7-8-5-3-4-6-9(8)11-10;/h3-6H,7H2,1-2H3;1H/q+1;/p-1. The maximum atomic E-state index is 5.63.